The van der Waals surface area contributed by atoms with E-state index in [1.807, 2.05) is 12.1 Å². The summed E-state index contributed by atoms with van der Waals surface area (Å²) in [6.07, 6.45) is 4.63. The molecule has 2 heterocycles. The molecule has 0 radical (unpaired) electrons. The molecule has 1 N–H and O–H groups in total. The topological polar surface area (TPSA) is 21.3 Å². The quantitative estimate of drug-likeness (QED) is 0.873. The second-order valence-electron chi connectivity index (χ2n) is 4.72. The van der Waals surface area contributed by atoms with Crippen molar-refractivity contribution in [3.05, 3.63) is 34.9 Å². The Bertz CT molecular complexity index is 365. The summed E-state index contributed by atoms with van der Waals surface area (Å²) in [6, 6.07) is 8.58. The van der Waals surface area contributed by atoms with Crippen molar-refractivity contribution in [3.8, 4) is 0 Å². The Labute approximate surface area is 101 Å². The van der Waals surface area contributed by atoms with Gasteiger partial charge in [0.2, 0.25) is 0 Å². The van der Waals surface area contributed by atoms with Crippen LogP contribution in [0.3, 0.4) is 0 Å². The van der Waals surface area contributed by atoms with Crippen LogP contribution < -0.4 is 5.32 Å². The Balaban J connectivity index is 1.55. The van der Waals surface area contributed by atoms with E-state index in [1.54, 1.807) is 0 Å². The summed E-state index contributed by atoms with van der Waals surface area (Å²) < 4.78 is 5.81. The molecule has 2 bridgehead atoms. The third-order valence-electron chi connectivity index (χ3n) is 3.59. The summed E-state index contributed by atoms with van der Waals surface area (Å²) in [5.41, 5.74) is 1.28. The lowest BCUT2D eigenvalue weighted by atomic mass is 9.95. The molecule has 2 aliphatic rings. The lowest BCUT2D eigenvalue weighted by Crippen LogP contribution is -2.36. The van der Waals surface area contributed by atoms with E-state index in [9.17, 15) is 0 Å². The SMILES string of the molecule is Clc1ccc(CNC2CC3CCC2O3)cc1. The molecule has 2 fully saturated rings. The molecular weight excluding hydrogens is 222 g/mol. The van der Waals surface area contributed by atoms with Crippen LogP contribution in [0.5, 0.6) is 0 Å². The summed E-state index contributed by atoms with van der Waals surface area (Å²) in [5.74, 6) is 0. The van der Waals surface area contributed by atoms with Gasteiger partial charge >= 0.3 is 0 Å². The van der Waals surface area contributed by atoms with Crippen LogP contribution in [-0.4, -0.2) is 18.2 Å². The van der Waals surface area contributed by atoms with Crippen LogP contribution in [0.15, 0.2) is 24.3 Å². The van der Waals surface area contributed by atoms with E-state index in [0.29, 0.717) is 18.2 Å². The molecule has 3 unspecified atom stereocenters. The van der Waals surface area contributed by atoms with Gasteiger partial charge in [-0.1, -0.05) is 23.7 Å². The molecule has 1 aromatic rings. The Morgan fingerprint density at radius 2 is 2.06 bits per heavy atom. The first-order valence-corrected chi connectivity index (χ1v) is 6.32. The van der Waals surface area contributed by atoms with E-state index in [4.69, 9.17) is 16.3 Å². The highest BCUT2D eigenvalue weighted by Gasteiger charge is 2.40. The zero-order chi connectivity index (χ0) is 11.0. The Hall–Kier alpha value is -0.570. The maximum Gasteiger partial charge on any atom is 0.0733 e. The predicted molar refractivity (Wildman–Crippen MR) is 64.6 cm³/mol. The van der Waals surface area contributed by atoms with E-state index in [1.165, 1.54) is 24.8 Å². The number of benzene rings is 1. The first-order valence-electron chi connectivity index (χ1n) is 5.94. The summed E-state index contributed by atoms with van der Waals surface area (Å²) in [4.78, 5) is 0. The number of hydrogen-bond donors (Lipinski definition) is 1. The van der Waals surface area contributed by atoms with E-state index in [-0.39, 0.29) is 0 Å². The first kappa shape index (κ1) is 10.6. The second-order valence-corrected chi connectivity index (χ2v) is 5.16. The van der Waals surface area contributed by atoms with Gasteiger partial charge in [-0.15, -0.1) is 0 Å². The van der Waals surface area contributed by atoms with Gasteiger partial charge in [0.1, 0.15) is 0 Å². The molecule has 2 nitrogen and oxygen atoms in total. The molecule has 0 amide bonds. The molecule has 0 saturated carbocycles. The zero-order valence-electron chi connectivity index (χ0n) is 9.16. The molecule has 0 aliphatic carbocycles. The van der Waals surface area contributed by atoms with Gasteiger partial charge in [0.25, 0.3) is 0 Å². The van der Waals surface area contributed by atoms with Crippen molar-refractivity contribution in [2.24, 2.45) is 0 Å². The van der Waals surface area contributed by atoms with Crippen molar-refractivity contribution in [2.45, 2.75) is 44.1 Å². The van der Waals surface area contributed by atoms with Crippen LogP contribution in [0.4, 0.5) is 0 Å². The van der Waals surface area contributed by atoms with Gasteiger partial charge in [0, 0.05) is 17.6 Å². The van der Waals surface area contributed by atoms with E-state index in [0.717, 1.165) is 11.6 Å². The van der Waals surface area contributed by atoms with Gasteiger partial charge < -0.3 is 10.1 Å². The van der Waals surface area contributed by atoms with Gasteiger partial charge in [0.15, 0.2) is 0 Å². The zero-order valence-corrected chi connectivity index (χ0v) is 9.91. The van der Waals surface area contributed by atoms with Gasteiger partial charge in [-0.3, -0.25) is 0 Å². The number of ether oxygens (including phenoxy) is 1. The highest BCUT2D eigenvalue weighted by Crippen LogP contribution is 2.34. The maximum absolute atomic E-state index is 5.85. The summed E-state index contributed by atoms with van der Waals surface area (Å²) in [6.45, 7) is 0.911. The number of fused-ring (bicyclic) bond motifs is 2. The van der Waals surface area contributed by atoms with Crippen LogP contribution in [-0.2, 0) is 11.3 Å². The second kappa shape index (κ2) is 4.36. The lowest BCUT2D eigenvalue weighted by Gasteiger charge is -2.20. The third-order valence-corrected chi connectivity index (χ3v) is 3.84. The van der Waals surface area contributed by atoms with E-state index in [2.05, 4.69) is 17.4 Å². The molecule has 3 heteroatoms. The molecule has 0 spiro atoms. The molecule has 3 rings (SSSR count). The van der Waals surface area contributed by atoms with Crippen molar-refractivity contribution in [1.82, 2.24) is 5.32 Å². The van der Waals surface area contributed by atoms with Crippen LogP contribution in [0.25, 0.3) is 0 Å². The Morgan fingerprint density at radius 1 is 1.25 bits per heavy atom. The summed E-state index contributed by atoms with van der Waals surface area (Å²) >= 11 is 5.85. The summed E-state index contributed by atoms with van der Waals surface area (Å²) in [5, 5.41) is 4.38. The highest BCUT2D eigenvalue weighted by molar-refractivity contribution is 6.30. The molecule has 86 valence electrons. The summed E-state index contributed by atoms with van der Waals surface area (Å²) in [7, 11) is 0. The monoisotopic (exact) mass is 237 g/mol. The van der Waals surface area contributed by atoms with Crippen molar-refractivity contribution in [3.63, 3.8) is 0 Å². The number of nitrogens with one attached hydrogen (secondary N) is 1. The number of hydrogen-bond acceptors (Lipinski definition) is 2. The van der Waals surface area contributed by atoms with Crippen molar-refractivity contribution in [1.29, 1.82) is 0 Å². The molecule has 0 aromatic heterocycles. The van der Waals surface area contributed by atoms with Crippen LogP contribution in [0, 0.1) is 0 Å². The Kier molecular flexibility index (Phi) is 2.88. The van der Waals surface area contributed by atoms with Crippen molar-refractivity contribution < 1.29 is 4.74 Å². The fourth-order valence-corrected chi connectivity index (χ4v) is 2.83. The van der Waals surface area contributed by atoms with Gasteiger partial charge in [0.05, 0.1) is 12.2 Å². The minimum Gasteiger partial charge on any atom is -0.373 e. The standard InChI is InChI=1S/C13H16ClNO/c14-10-3-1-9(2-4-10)8-15-12-7-11-5-6-13(12)16-11/h1-4,11-13,15H,5-8H2. The smallest absolute Gasteiger partial charge is 0.0733 e. The molecule has 2 saturated heterocycles. The number of rotatable bonds is 3. The van der Waals surface area contributed by atoms with Crippen molar-refractivity contribution in [2.75, 3.05) is 0 Å². The average Bonchev–Trinajstić information content (AvgIpc) is 2.90. The minimum atomic E-state index is 0.456. The minimum absolute atomic E-state index is 0.456. The highest BCUT2D eigenvalue weighted by atomic mass is 35.5. The molecule has 1 aromatic carbocycles. The van der Waals surface area contributed by atoms with Gasteiger partial charge in [-0.25, -0.2) is 0 Å². The van der Waals surface area contributed by atoms with Crippen molar-refractivity contribution >= 4 is 11.6 Å². The average molecular weight is 238 g/mol. The molecule has 2 aliphatic heterocycles. The van der Waals surface area contributed by atoms with Crippen LogP contribution in [0.2, 0.25) is 5.02 Å². The largest absolute Gasteiger partial charge is 0.373 e. The molecule has 3 atom stereocenters. The first-order chi connectivity index (χ1) is 7.81. The normalized spacial score (nSPS) is 32.2. The third kappa shape index (κ3) is 2.10. The van der Waals surface area contributed by atoms with Crippen LogP contribution in [0.1, 0.15) is 24.8 Å². The van der Waals surface area contributed by atoms with E-state index < -0.39 is 0 Å². The fourth-order valence-electron chi connectivity index (χ4n) is 2.70. The number of halogens is 1. The van der Waals surface area contributed by atoms with Gasteiger partial charge in [-0.05, 0) is 37.0 Å². The van der Waals surface area contributed by atoms with E-state index >= 15 is 0 Å². The fraction of sp³-hybridized carbons (Fsp3) is 0.538. The molecular formula is C13H16ClNO. The maximum atomic E-state index is 5.85. The van der Waals surface area contributed by atoms with Gasteiger partial charge in [-0.2, -0.15) is 0 Å². The predicted octanol–water partition coefficient (Wildman–Crippen LogP) is 2.75. The Morgan fingerprint density at radius 3 is 2.69 bits per heavy atom. The molecule has 16 heavy (non-hydrogen) atoms. The lowest BCUT2D eigenvalue weighted by molar-refractivity contribution is 0.0973. The van der Waals surface area contributed by atoms with Crippen LogP contribution >= 0.6 is 11.6 Å².